The average molecular weight is 156 g/mol. The maximum absolute atomic E-state index is 12.2. The summed E-state index contributed by atoms with van der Waals surface area (Å²) in [4.78, 5) is 0. The molecule has 0 radical (unpaired) electrons. The molecule has 0 spiro atoms. The Morgan fingerprint density at radius 1 is 1.40 bits per heavy atom. The molecule has 0 amide bonds. The summed E-state index contributed by atoms with van der Waals surface area (Å²) in [6, 6.07) is 0. The summed E-state index contributed by atoms with van der Waals surface area (Å²) in [7, 11) is 0. The number of hydrogen-bond acceptors (Lipinski definition) is 2. The Hall–Kier alpha value is -0.290. The van der Waals surface area contributed by atoms with Crippen LogP contribution >= 0.6 is 0 Å². The van der Waals surface area contributed by atoms with E-state index in [1.807, 2.05) is 0 Å². The number of rotatable bonds is 5. The van der Waals surface area contributed by atoms with Gasteiger partial charge in [0.25, 0.3) is 5.92 Å². The maximum atomic E-state index is 12.2. The molecule has 0 rings (SSSR count). The van der Waals surface area contributed by atoms with Gasteiger partial charge in [0.15, 0.2) is 0 Å². The zero-order chi connectivity index (χ0) is 8.04. The standard InChI is InChI=1S/C5H11F3N2/c6-1-2-10-4-5(7,8)3-9/h10H,1-4,9H2. The van der Waals surface area contributed by atoms with Gasteiger partial charge in [0.1, 0.15) is 6.67 Å². The first kappa shape index (κ1) is 9.71. The second kappa shape index (κ2) is 4.51. The molecule has 0 bridgehead atoms. The monoisotopic (exact) mass is 156 g/mol. The van der Waals surface area contributed by atoms with Crippen LogP contribution in [-0.4, -0.2) is 32.2 Å². The van der Waals surface area contributed by atoms with Crippen LogP contribution in [-0.2, 0) is 0 Å². The van der Waals surface area contributed by atoms with E-state index in [0.29, 0.717) is 0 Å². The van der Waals surface area contributed by atoms with Crippen molar-refractivity contribution in [2.75, 3.05) is 26.3 Å². The highest BCUT2D eigenvalue weighted by Crippen LogP contribution is 2.07. The van der Waals surface area contributed by atoms with Gasteiger partial charge < -0.3 is 11.1 Å². The zero-order valence-electron chi connectivity index (χ0n) is 5.54. The predicted octanol–water partition coefficient (Wildman–Crippen LogP) is 0.139. The van der Waals surface area contributed by atoms with Crippen LogP contribution < -0.4 is 11.1 Å². The van der Waals surface area contributed by atoms with Crippen molar-refractivity contribution in [1.82, 2.24) is 5.32 Å². The fraction of sp³-hybridized carbons (Fsp3) is 1.00. The van der Waals surface area contributed by atoms with Crippen molar-refractivity contribution in [3.05, 3.63) is 0 Å². The Morgan fingerprint density at radius 2 is 2.00 bits per heavy atom. The summed E-state index contributed by atoms with van der Waals surface area (Å²) in [5.41, 5.74) is 4.70. The summed E-state index contributed by atoms with van der Waals surface area (Å²) < 4.78 is 35.7. The summed E-state index contributed by atoms with van der Waals surface area (Å²) in [6.07, 6.45) is 0. The molecule has 62 valence electrons. The molecular weight excluding hydrogens is 145 g/mol. The molecule has 0 heterocycles. The van der Waals surface area contributed by atoms with Gasteiger partial charge in [-0.15, -0.1) is 0 Å². The van der Waals surface area contributed by atoms with Crippen LogP contribution in [0.4, 0.5) is 13.2 Å². The van der Waals surface area contributed by atoms with Gasteiger partial charge >= 0.3 is 0 Å². The van der Waals surface area contributed by atoms with Crippen molar-refractivity contribution in [3.63, 3.8) is 0 Å². The van der Waals surface area contributed by atoms with Crippen molar-refractivity contribution < 1.29 is 13.2 Å². The smallest absolute Gasteiger partial charge is 0.272 e. The van der Waals surface area contributed by atoms with Gasteiger partial charge in [-0.05, 0) is 0 Å². The Balaban J connectivity index is 3.28. The SMILES string of the molecule is NCC(F)(F)CNCCF. The van der Waals surface area contributed by atoms with E-state index in [0.717, 1.165) is 0 Å². The van der Waals surface area contributed by atoms with Crippen LogP contribution in [0.5, 0.6) is 0 Å². The average Bonchev–Trinajstić information content (AvgIpc) is 1.89. The first-order chi connectivity index (χ1) is 4.62. The fourth-order valence-electron chi connectivity index (χ4n) is 0.410. The van der Waals surface area contributed by atoms with Gasteiger partial charge in [-0.3, -0.25) is 0 Å². The van der Waals surface area contributed by atoms with Crippen molar-refractivity contribution in [3.8, 4) is 0 Å². The lowest BCUT2D eigenvalue weighted by atomic mass is 10.3. The second-order valence-corrected chi connectivity index (χ2v) is 1.93. The Morgan fingerprint density at radius 3 is 2.40 bits per heavy atom. The minimum atomic E-state index is -2.91. The molecule has 0 saturated carbocycles. The third-order valence-electron chi connectivity index (χ3n) is 0.954. The van der Waals surface area contributed by atoms with Crippen LogP contribution in [0.15, 0.2) is 0 Å². The van der Waals surface area contributed by atoms with E-state index in [2.05, 4.69) is 5.32 Å². The molecule has 0 aliphatic carbocycles. The van der Waals surface area contributed by atoms with Crippen molar-refractivity contribution in [2.45, 2.75) is 5.92 Å². The Labute approximate surface area is 57.6 Å². The quantitative estimate of drug-likeness (QED) is 0.555. The summed E-state index contributed by atoms with van der Waals surface area (Å²) in [6.45, 7) is -1.93. The highest BCUT2D eigenvalue weighted by atomic mass is 19.3. The number of nitrogens with one attached hydrogen (secondary N) is 1. The van der Waals surface area contributed by atoms with Crippen molar-refractivity contribution in [1.29, 1.82) is 0 Å². The first-order valence-corrected chi connectivity index (χ1v) is 2.97. The van der Waals surface area contributed by atoms with Gasteiger partial charge in [-0.25, -0.2) is 13.2 Å². The molecule has 3 N–H and O–H groups in total. The van der Waals surface area contributed by atoms with E-state index < -0.39 is 25.7 Å². The highest BCUT2D eigenvalue weighted by Gasteiger charge is 2.25. The summed E-state index contributed by atoms with van der Waals surface area (Å²) >= 11 is 0. The van der Waals surface area contributed by atoms with Gasteiger partial charge in [-0.1, -0.05) is 0 Å². The highest BCUT2D eigenvalue weighted by molar-refractivity contribution is 4.69. The molecule has 5 heteroatoms. The number of nitrogens with two attached hydrogens (primary N) is 1. The fourth-order valence-corrected chi connectivity index (χ4v) is 0.410. The second-order valence-electron chi connectivity index (χ2n) is 1.93. The van der Waals surface area contributed by atoms with Crippen LogP contribution in [0.1, 0.15) is 0 Å². The largest absolute Gasteiger partial charge is 0.325 e. The van der Waals surface area contributed by atoms with E-state index in [1.54, 1.807) is 0 Å². The molecule has 0 atom stereocenters. The molecule has 0 aliphatic heterocycles. The van der Waals surface area contributed by atoms with E-state index >= 15 is 0 Å². The van der Waals surface area contributed by atoms with Gasteiger partial charge in [0.2, 0.25) is 0 Å². The predicted molar refractivity (Wildman–Crippen MR) is 32.8 cm³/mol. The normalized spacial score (nSPS) is 12.0. The first-order valence-electron chi connectivity index (χ1n) is 2.97. The minimum Gasteiger partial charge on any atom is -0.325 e. The minimum absolute atomic E-state index is 0.0460. The lowest BCUT2D eigenvalue weighted by Gasteiger charge is -2.13. The molecule has 0 aromatic heterocycles. The summed E-state index contributed by atoms with van der Waals surface area (Å²) in [5, 5.41) is 2.22. The zero-order valence-corrected chi connectivity index (χ0v) is 5.54. The van der Waals surface area contributed by atoms with E-state index in [9.17, 15) is 13.2 Å². The third kappa shape index (κ3) is 4.58. The van der Waals surface area contributed by atoms with E-state index in [4.69, 9.17) is 5.73 Å². The molecule has 2 nitrogen and oxygen atoms in total. The lowest BCUT2D eigenvalue weighted by Crippen LogP contribution is -2.39. The van der Waals surface area contributed by atoms with Gasteiger partial charge in [0, 0.05) is 6.54 Å². The van der Waals surface area contributed by atoms with Crippen LogP contribution in [0, 0.1) is 0 Å². The number of hydrogen-bond donors (Lipinski definition) is 2. The molecular formula is C5H11F3N2. The molecule has 10 heavy (non-hydrogen) atoms. The molecule has 0 saturated heterocycles. The number of alkyl halides is 3. The van der Waals surface area contributed by atoms with E-state index in [-0.39, 0.29) is 6.54 Å². The molecule has 0 fully saturated rings. The number of halogens is 3. The molecule has 0 aliphatic rings. The third-order valence-corrected chi connectivity index (χ3v) is 0.954. The Bertz CT molecular complexity index is 87.0. The van der Waals surface area contributed by atoms with Crippen LogP contribution in [0.3, 0.4) is 0 Å². The van der Waals surface area contributed by atoms with Crippen LogP contribution in [0.25, 0.3) is 0 Å². The van der Waals surface area contributed by atoms with Crippen LogP contribution in [0.2, 0.25) is 0 Å². The lowest BCUT2D eigenvalue weighted by molar-refractivity contribution is 0.0118. The van der Waals surface area contributed by atoms with Gasteiger partial charge in [-0.2, -0.15) is 0 Å². The van der Waals surface area contributed by atoms with Crippen molar-refractivity contribution in [2.24, 2.45) is 5.73 Å². The topological polar surface area (TPSA) is 38.0 Å². The maximum Gasteiger partial charge on any atom is 0.272 e. The van der Waals surface area contributed by atoms with Gasteiger partial charge in [0.05, 0.1) is 13.1 Å². The Kier molecular flexibility index (Phi) is 4.38. The van der Waals surface area contributed by atoms with E-state index in [1.165, 1.54) is 0 Å². The molecule has 0 aromatic carbocycles. The molecule has 0 unspecified atom stereocenters. The molecule has 0 aromatic rings. The summed E-state index contributed by atoms with van der Waals surface area (Å²) in [5.74, 6) is -2.91. The van der Waals surface area contributed by atoms with Crippen molar-refractivity contribution >= 4 is 0 Å².